The summed E-state index contributed by atoms with van der Waals surface area (Å²) >= 11 is 0. The molecule has 0 radical (unpaired) electrons. The van der Waals surface area contributed by atoms with Crippen LogP contribution >= 0.6 is 0 Å². The molecule has 5 aromatic carbocycles. The fourth-order valence-corrected chi connectivity index (χ4v) is 6.27. The summed E-state index contributed by atoms with van der Waals surface area (Å²) in [4.78, 5) is 7.24. The molecular formula is C37H28N2. The molecule has 1 aliphatic carbocycles. The van der Waals surface area contributed by atoms with Gasteiger partial charge in [0.2, 0.25) is 0 Å². The number of hydrogen-bond donors (Lipinski definition) is 2. The van der Waals surface area contributed by atoms with Crippen molar-refractivity contribution >= 4 is 49.2 Å². The average molecular weight is 501 g/mol. The SMILES string of the molecule is CC1CC=CC=C1c1ccc2[nH]c3ccc(-c4ccc5[nH]c6ccc(-c7ccccc7)cc6c5c4)cc3c2c1. The average Bonchev–Trinajstić information content (AvgIpc) is 3.54. The van der Waals surface area contributed by atoms with E-state index in [1.165, 1.54) is 77.0 Å². The molecule has 0 saturated carbocycles. The van der Waals surface area contributed by atoms with Crippen molar-refractivity contribution in [2.75, 3.05) is 0 Å². The summed E-state index contributed by atoms with van der Waals surface area (Å²) in [6, 6.07) is 37.8. The third-order valence-electron chi connectivity index (χ3n) is 8.40. The Morgan fingerprint density at radius 2 is 0.974 bits per heavy atom. The van der Waals surface area contributed by atoms with Gasteiger partial charge in [-0.3, -0.25) is 0 Å². The highest BCUT2D eigenvalue weighted by molar-refractivity contribution is 6.11. The van der Waals surface area contributed by atoms with Gasteiger partial charge in [-0.2, -0.15) is 0 Å². The van der Waals surface area contributed by atoms with E-state index in [-0.39, 0.29) is 0 Å². The molecule has 2 N–H and O–H groups in total. The fraction of sp³-hybridized carbons (Fsp3) is 0.0811. The molecule has 0 saturated heterocycles. The van der Waals surface area contributed by atoms with Gasteiger partial charge in [-0.25, -0.2) is 0 Å². The summed E-state index contributed by atoms with van der Waals surface area (Å²) < 4.78 is 0. The molecule has 39 heavy (non-hydrogen) atoms. The van der Waals surface area contributed by atoms with Gasteiger partial charge in [-0.15, -0.1) is 0 Å². The maximum Gasteiger partial charge on any atom is 0.0465 e. The van der Waals surface area contributed by atoms with Crippen LogP contribution in [-0.2, 0) is 0 Å². The fourth-order valence-electron chi connectivity index (χ4n) is 6.27. The van der Waals surface area contributed by atoms with E-state index in [1.54, 1.807) is 0 Å². The predicted molar refractivity (Wildman–Crippen MR) is 167 cm³/mol. The van der Waals surface area contributed by atoms with Gasteiger partial charge in [0.05, 0.1) is 0 Å². The maximum absolute atomic E-state index is 3.63. The van der Waals surface area contributed by atoms with Crippen molar-refractivity contribution in [2.24, 2.45) is 5.92 Å². The van der Waals surface area contributed by atoms with Crippen molar-refractivity contribution in [1.29, 1.82) is 0 Å². The Balaban J connectivity index is 1.26. The number of rotatable bonds is 3. The van der Waals surface area contributed by atoms with E-state index in [4.69, 9.17) is 0 Å². The number of hydrogen-bond acceptors (Lipinski definition) is 0. The van der Waals surface area contributed by atoms with Crippen LogP contribution in [0.2, 0.25) is 0 Å². The second-order valence-corrected chi connectivity index (χ2v) is 10.8. The highest BCUT2D eigenvalue weighted by atomic mass is 14.7. The van der Waals surface area contributed by atoms with Crippen LogP contribution in [0.15, 0.2) is 121 Å². The summed E-state index contributed by atoms with van der Waals surface area (Å²) in [5.41, 5.74) is 12.4. The molecule has 0 amide bonds. The van der Waals surface area contributed by atoms with Gasteiger partial charge >= 0.3 is 0 Å². The van der Waals surface area contributed by atoms with E-state index in [1.807, 2.05) is 0 Å². The Morgan fingerprint density at radius 3 is 1.49 bits per heavy atom. The van der Waals surface area contributed by atoms with E-state index in [0.717, 1.165) is 6.42 Å². The molecule has 2 aromatic heterocycles. The normalized spacial score (nSPS) is 15.5. The lowest BCUT2D eigenvalue weighted by atomic mass is 9.87. The predicted octanol–water partition coefficient (Wildman–Crippen LogP) is 10.3. The number of aromatic amines is 2. The number of allylic oxidation sites excluding steroid dienone is 4. The van der Waals surface area contributed by atoms with Crippen molar-refractivity contribution in [3.63, 3.8) is 0 Å². The lowest BCUT2D eigenvalue weighted by Crippen LogP contribution is -2.00. The van der Waals surface area contributed by atoms with E-state index in [0.29, 0.717) is 5.92 Å². The molecule has 8 rings (SSSR count). The van der Waals surface area contributed by atoms with Gasteiger partial charge in [0.25, 0.3) is 0 Å². The van der Waals surface area contributed by atoms with Gasteiger partial charge in [0.1, 0.15) is 0 Å². The first kappa shape index (κ1) is 22.2. The second kappa shape index (κ2) is 8.61. The topological polar surface area (TPSA) is 31.6 Å². The molecule has 7 aromatic rings. The molecular weight excluding hydrogens is 472 g/mol. The zero-order valence-corrected chi connectivity index (χ0v) is 21.8. The van der Waals surface area contributed by atoms with Crippen molar-refractivity contribution in [3.05, 3.63) is 127 Å². The Hall–Kier alpha value is -4.82. The largest absolute Gasteiger partial charge is 0.355 e. The second-order valence-electron chi connectivity index (χ2n) is 10.8. The molecule has 0 aliphatic heterocycles. The van der Waals surface area contributed by atoms with E-state index in [9.17, 15) is 0 Å². The molecule has 0 fully saturated rings. The van der Waals surface area contributed by atoms with Crippen molar-refractivity contribution in [2.45, 2.75) is 13.3 Å². The number of H-pyrrole nitrogens is 2. The van der Waals surface area contributed by atoms with E-state index in [2.05, 4.69) is 138 Å². The highest BCUT2D eigenvalue weighted by Gasteiger charge is 2.15. The van der Waals surface area contributed by atoms with Gasteiger partial charge < -0.3 is 9.97 Å². The first-order valence-corrected chi connectivity index (χ1v) is 13.8. The van der Waals surface area contributed by atoms with Crippen LogP contribution in [0.5, 0.6) is 0 Å². The van der Waals surface area contributed by atoms with Gasteiger partial charge in [0, 0.05) is 43.6 Å². The Bertz CT molecular complexity index is 2100. The summed E-state index contributed by atoms with van der Waals surface area (Å²) in [5.74, 6) is 0.540. The number of nitrogens with one attached hydrogen (secondary N) is 2. The maximum atomic E-state index is 3.63. The molecule has 1 aliphatic rings. The highest BCUT2D eigenvalue weighted by Crippen LogP contribution is 2.37. The molecule has 1 unspecified atom stereocenters. The van der Waals surface area contributed by atoms with Gasteiger partial charge in [-0.1, -0.05) is 79.7 Å². The lowest BCUT2D eigenvalue weighted by Gasteiger charge is -2.17. The van der Waals surface area contributed by atoms with Crippen molar-refractivity contribution in [3.8, 4) is 22.3 Å². The van der Waals surface area contributed by atoms with Crippen LogP contribution in [-0.4, -0.2) is 9.97 Å². The summed E-state index contributed by atoms with van der Waals surface area (Å²) in [6.45, 7) is 2.32. The third-order valence-corrected chi connectivity index (χ3v) is 8.40. The van der Waals surface area contributed by atoms with Gasteiger partial charge in [-0.05, 0) is 94.3 Å². The number of benzene rings is 5. The van der Waals surface area contributed by atoms with Crippen LogP contribution in [0.1, 0.15) is 18.9 Å². The van der Waals surface area contributed by atoms with Crippen LogP contribution in [0.25, 0.3) is 71.4 Å². The van der Waals surface area contributed by atoms with Crippen LogP contribution in [0, 0.1) is 5.92 Å². The minimum Gasteiger partial charge on any atom is -0.355 e. The minimum absolute atomic E-state index is 0.540. The minimum atomic E-state index is 0.540. The standard InChI is InChI=1S/C37H28N2/c1-23-7-5-6-10-29(23)28-14-18-37-33(22-28)32-21-27(13-17-36(32)39-37)26-12-16-35-31(20-26)30-19-25(11-15-34(30)38-35)24-8-3-2-4-9-24/h2-6,8-23,38-39H,7H2,1H3. The Morgan fingerprint density at radius 1 is 0.513 bits per heavy atom. The summed E-state index contributed by atoms with van der Waals surface area (Å²) in [6.07, 6.45) is 7.83. The summed E-state index contributed by atoms with van der Waals surface area (Å²) in [5, 5.41) is 5.07. The van der Waals surface area contributed by atoms with Crippen LogP contribution in [0.4, 0.5) is 0 Å². The molecule has 186 valence electrons. The van der Waals surface area contributed by atoms with E-state index < -0.39 is 0 Å². The Labute approximate surface area is 227 Å². The molecule has 0 spiro atoms. The monoisotopic (exact) mass is 500 g/mol. The Kier molecular flexibility index (Phi) is 4.90. The van der Waals surface area contributed by atoms with Crippen molar-refractivity contribution < 1.29 is 0 Å². The molecule has 2 nitrogen and oxygen atoms in total. The number of fused-ring (bicyclic) bond motifs is 6. The zero-order valence-electron chi connectivity index (χ0n) is 21.8. The quantitative estimate of drug-likeness (QED) is 0.242. The van der Waals surface area contributed by atoms with E-state index >= 15 is 0 Å². The molecule has 1 atom stereocenters. The van der Waals surface area contributed by atoms with Crippen molar-refractivity contribution in [1.82, 2.24) is 9.97 Å². The van der Waals surface area contributed by atoms with Crippen LogP contribution < -0.4 is 0 Å². The lowest BCUT2D eigenvalue weighted by molar-refractivity contribution is 0.759. The smallest absolute Gasteiger partial charge is 0.0465 e. The first-order chi connectivity index (χ1) is 19.2. The first-order valence-electron chi connectivity index (χ1n) is 13.8. The number of aromatic nitrogens is 2. The molecule has 0 bridgehead atoms. The van der Waals surface area contributed by atoms with Gasteiger partial charge in [0.15, 0.2) is 0 Å². The zero-order chi connectivity index (χ0) is 25.9. The molecule has 2 heterocycles. The van der Waals surface area contributed by atoms with Crippen LogP contribution in [0.3, 0.4) is 0 Å². The molecule has 2 heteroatoms. The summed E-state index contributed by atoms with van der Waals surface area (Å²) in [7, 11) is 0. The third kappa shape index (κ3) is 3.64.